The summed E-state index contributed by atoms with van der Waals surface area (Å²) < 4.78 is 101. The number of aryl methyl sites for hydroxylation is 1. The standard InChI is InChI=1S/C18H23FN2O5.C18H27FN2O3Si.C13H18O5S.C12H13FN2O3/c1-17(2,10-22)16-6-11-5-15(21(23)24)13(19)7-14(11)20(16)8-12-9-25-18(3,4)26-12;1-17(2,3)25(6,7)24-11-18(4,5)16-9-12-8-15(21(22)23)13(19)10-14(12)20-16;1-10-4-6-12(7-5-10)19(14,15)17-9-11-8-16-13(2,3)18-11;1-12(2,6-16)11-4-7-3-10(15(17)18)8(13)5-9(7)14-11/h5-7,12,22H,8-10H2,1-4H3;8-10,20H,11H2,1-7H3;4-7,11H,8-9H2,1-3H3;3-5,14,16H,6H2,1-2H3/t12-;;11-;/m1.0./s1. The number of aliphatic hydroxyl groups excluding tert-OH is 2. The van der Waals surface area contributed by atoms with Crippen LogP contribution in [0.4, 0.5) is 30.2 Å². The molecule has 2 fully saturated rings. The van der Waals surface area contributed by atoms with Gasteiger partial charge in [0.2, 0.25) is 17.5 Å². The van der Waals surface area contributed by atoms with Gasteiger partial charge in [-0.2, -0.15) is 21.6 Å². The molecule has 0 radical (unpaired) electrons. The third kappa shape index (κ3) is 17.0. The summed E-state index contributed by atoms with van der Waals surface area (Å²) in [6.45, 7) is 32.9. The van der Waals surface area contributed by atoms with Crippen LogP contribution < -0.4 is 0 Å². The van der Waals surface area contributed by atoms with Gasteiger partial charge in [0.25, 0.3) is 10.1 Å². The molecule has 9 rings (SSSR count). The molecule has 2 aliphatic rings. The van der Waals surface area contributed by atoms with Crippen LogP contribution in [-0.2, 0) is 60.5 Å². The molecular weight excluding hydrogens is 1190 g/mol. The van der Waals surface area contributed by atoms with Gasteiger partial charge in [-0.25, -0.2) is 0 Å². The van der Waals surface area contributed by atoms with Crippen LogP contribution in [0.25, 0.3) is 32.7 Å². The maximum absolute atomic E-state index is 14.2. The zero-order valence-electron chi connectivity index (χ0n) is 52.6. The highest BCUT2D eigenvalue weighted by Crippen LogP contribution is 2.40. The largest absolute Gasteiger partial charge is 0.416 e. The molecular formula is C61H81F3N6O16SSi. The quantitative estimate of drug-likeness (QED) is 0.0285. The summed E-state index contributed by atoms with van der Waals surface area (Å²) in [5.74, 6) is -3.96. The number of aromatic nitrogens is 3. The van der Waals surface area contributed by atoms with Gasteiger partial charge in [0, 0.05) is 104 Å². The molecule has 0 unspecified atom stereocenters. The van der Waals surface area contributed by atoms with E-state index in [9.17, 15) is 62.1 Å². The minimum atomic E-state index is -3.74. The minimum Gasteiger partial charge on any atom is -0.416 e. The molecule has 5 heterocycles. The summed E-state index contributed by atoms with van der Waals surface area (Å²) in [5, 5.41) is 53.5. The summed E-state index contributed by atoms with van der Waals surface area (Å²) in [7, 11) is -5.62. The van der Waals surface area contributed by atoms with Crippen molar-refractivity contribution in [2.75, 3.05) is 39.6 Å². The Labute approximate surface area is 510 Å². The van der Waals surface area contributed by atoms with Crippen molar-refractivity contribution in [2.24, 2.45) is 0 Å². The molecule has 27 heteroatoms. The third-order valence-electron chi connectivity index (χ3n) is 15.7. The lowest BCUT2D eigenvalue weighted by Crippen LogP contribution is -2.44. The van der Waals surface area contributed by atoms with Gasteiger partial charge in [0.1, 0.15) is 12.2 Å². The molecule has 4 N–H and O–H groups in total. The number of nitro benzene ring substituents is 3. The average molecular weight is 1270 g/mol. The van der Waals surface area contributed by atoms with Gasteiger partial charge in [0.15, 0.2) is 19.9 Å². The molecule has 0 amide bonds. The van der Waals surface area contributed by atoms with Crippen molar-refractivity contribution in [2.45, 2.75) is 167 Å². The first-order valence-corrected chi connectivity index (χ1v) is 32.6. The number of ether oxygens (including phenoxy) is 4. The number of nitrogens with one attached hydrogen (secondary N) is 2. The predicted molar refractivity (Wildman–Crippen MR) is 329 cm³/mol. The van der Waals surface area contributed by atoms with E-state index in [0.29, 0.717) is 64.8 Å². The number of fused-ring (bicyclic) bond motifs is 3. The number of benzene rings is 4. The lowest BCUT2D eigenvalue weighted by atomic mass is 9.90. The molecule has 88 heavy (non-hydrogen) atoms. The fourth-order valence-electron chi connectivity index (χ4n) is 9.12. The molecule has 0 bridgehead atoms. The van der Waals surface area contributed by atoms with Crippen LogP contribution in [0.5, 0.6) is 0 Å². The number of H-pyrrole nitrogens is 2. The highest BCUT2D eigenvalue weighted by Gasteiger charge is 2.40. The molecule has 0 saturated carbocycles. The van der Waals surface area contributed by atoms with Gasteiger partial charge < -0.3 is 48.1 Å². The Kier molecular flexibility index (Phi) is 21.1. The van der Waals surface area contributed by atoms with Crippen LogP contribution in [0.2, 0.25) is 18.1 Å². The van der Waals surface area contributed by atoms with Crippen LogP contribution in [0.15, 0.2) is 83.8 Å². The molecule has 7 aromatic rings. The number of nitro groups is 3. The molecule has 2 atom stereocenters. The van der Waals surface area contributed by atoms with Crippen molar-refractivity contribution in [3.63, 3.8) is 0 Å². The Hall–Kier alpha value is -6.66. The zero-order chi connectivity index (χ0) is 66.1. The normalized spacial score (nSPS) is 17.1. The van der Waals surface area contributed by atoms with Crippen molar-refractivity contribution in [1.29, 1.82) is 0 Å². The Bertz CT molecular complexity index is 3800. The lowest BCUT2D eigenvalue weighted by Gasteiger charge is -2.38. The van der Waals surface area contributed by atoms with Gasteiger partial charge in [-0.3, -0.25) is 34.5 Å². The molecule has 0 aliphatic carbocycles. The molecule has 22 nitrogen and oxygen atoms in total. The topological polar surface area (TPSA) is 296 Å². The van der Waals surface area contributed by atoms with Crippen molar-refractivity contribution >= 4 is 68.2 Å². The minimum absolute atomic E-state index is 0.0420. The molecule has 0 spiro atoms. The number of hydrogen-bond donors (Lipinski definition) is 4. The SMILES string of the molecule is CC(C)(CO)c1cc2cc([N+](=O)[O-])c(F)cc2[nH]1.CC(C)(CO[Si](C)(C)C(C)(C)C)c1cc2cc([N+](=O)[O-])c(F)cc2[nH]1.CC1(C)OC[C@@H](Cn2c(C(C)(C)CO)cc3cc([N+](=O)[O-])c(F)cc32)O1.Cc1ccc(S(=O)(=O)OC[C@@H]2COC(C)(C)O2)cc1. The molecule has 3 aromatic heterocycles. The van der Waals surface area contributed by atoms with Crippen molar-refractivity contribution in [3.05, 3.63) is 149 Å². The first-order valence-electron chi connectivity index (χ1n) is 28.3. The summed E-state index contributed by atoms with van der Waals surface area (Å²) in [5.41, 5.74) is 1.83. The van der Waals surface area contributed by atoms with E-state index in [2.05, 4.69) is 57.7 Å². The van der Waals surface area contributed by atoms with Gasteiger partial charge >= 0.3 is 17.1 Å². The Morgan fingerprint density at radius 1 is 0.648 bits per heavy atom. The lowest BCUT2D eigenvalue weighted by molar-refractivity contribution is -0.387. The second kappa shape index (κ2) is 26.4. The van der Waals surface area contributed by atoms with Gasteiger partial charge in [-0.1, -0.05) is 80.0 Å². The molecule has 482 valence electrons. The Morgan fingerprint density at radius 2 is 1.08 bits per heavy atom. The predicted octanol–water partition coefficient (Wildman–Crippen LogP) is 13.0. The van der Waals surface area contributed by atoms with E-state index in [-0.39, 0.29) is 47.4 Å². The first-order chi connectivity index (χ1) is 40.4. The Morgan fingerprint density at radius 3 is 1.50 bits per heavy atom. The number of rotatable bonds is 17. The Balaban J connectivity index is 0.000000189. The van der Waals surface area contributed by atoms with Crippen LogP contribution >= 0.6 is 0 Å². The van der Waals surface area contributed by atoms with Crippen LogP contribution in [-0.4, -0.2) is 120 Å². The van der Waals surface area contributed by atoms with E-state index < -0.39 is 90.1 Å². The van der Waals surface area contributed by atoms with E-state index in [1.165, 1.54) is 42.5 Å². The number of halogens is 3. The van der Waals surface area contributed by atoms with E-state index in [0.717, 1.165) is 23.0 Å². The third-order valence-corrected chi connectivity index (χ3v) is 21.5. The van der Waals surface area contributed by atoms with E-state index in [4.69, 9.17) is 27.6 Å². The molecule has 2 saturated heterocycles. The highest BCUT2D eigenvalue weighted by atomic mass is 32.2. The molecule has 2 aliphatic heterocycles. The average Bonchev–Trinajstić information content (AvgIpc) is 1.68. The second-order valence-electron chi connectivity index (χ2n) is 26.4. The van der Waals surface area contributed by atoms with Crippen molar-refractivity contribution in [3.8, 4) is 0 Å². The van der Waals surface area contributed by atoms with Crippen molar-refractivity contribution in [1.82, 2.24) is 14.5 Å². The first kappa shape index (κ1) is 70.4. The van der Waals surface area contributed by atoms with Crippen molar-refractivity contribution < 1.29 is 74.1 Å². The van der Waals surface area contributed by atoms with E-state index in [1.807, 2.05) is 59.1 Å². The fraction of sp³-hybridized carbons (Fsp3) is 0.508. The van der Waals surface area contributed by atoms with Crippen LogP contribution in [0.1, 0.15) is 113 Å². The van der Waals surface area contributed by atoms with E-state index >= 15 is 0 Å². The summed E-state index contributed by atoms with van der Waals surface area (Å²) in [4.78, 5) is 36.7. The van der Waals surface area contributed by atoms with Crippen LogP contribution in [0.3, 0.4) is 0 Å². The maximum atomic E-state index is 14.2. The maximum Gasteiger partial charge on any atom is 0.305 e. The van der Waals surface area contributed by atoms with Crippen LogP contribution in [0, 0.1) is 54.7 Å². The number of nitrogens with zero attached hydrogens (tertiary/aromatic N) is 4. The number of aliphatic hydroxyl groups is 2. The highest BCUT2D eigenvalue weighted by molar-refractivity contribution is 7.86. The monoisotopic (exact) mass is 1270 g/mol. The van der Waals surface area contributed by atoms with Gasteiger partial charge in [0.05, 0.1) is 64.8 Å². The zero-order valence-corrected chi connectivity index (χ0v) is 54.4. The second-order valence-corrected chi connectivity index (χ2v) is 32.8. The number of aromatic amines is 2. The number of hydrogen-bond acceptors (Lipinski definition) is 16. The van der Waals surface area contributed by atoms with Gasteiger partial charge in [-0.05, 0) is 83.1 Å². The van der Waals surface area contributed by atoms with Gasteiger partial charge in [-0.15, -0.1) is 0 Å². The summed E-state index contributed by atoms with van der Waals surface area (Å²) in [6.07, 6.45) is -0.609. The van der Waals surface area contributed by atoms with E-state index in [1.54, 1.807) is 38.1 Å². The fourth-order valence-corrected chi connectivity index (χ4v) is 11.2. The molecule has 4 aromatic carbocycles. The summed E-state index contributed by atoms with van der Waals surface area (Å²) in [6, 6.07) is 19.0. The smallest absolute Gasteiger partial charge is 0.305 e. The summed E-state index contributed by atoms with van der Waals surface area (Å²) >= 11 is 0.